The van der Waals surface area contributed by atoms with E-state index in [4.69, 9.17) is 42.6 Å². The molecule has 0 radical (unpaired) electrons. The van der Waals surface area contributed by atoms with Crippen molar-refractivity contribution in [1.82, 2.24) is 10.2 Å². The number of likely N-dealkylation sites (N-methyl/N-ethyl adjacent to an activating group) is 1. The van der Waals surface area contributed by atoms with Gasteiger partial charge < -0.3 is 68.0 Å². The number of aliphatic hydroxyl groups excluding tert-OH is 2. The molecule has 4 rings (SSSR count). The number of carbonyl (C=O) groups excluding carboxylic acids is 1. The number of ether oxygens (including phenoxy) is 9. The van der Waals surface area contributed by atoms with Gasteiger partial charge in [0, 0.05) is 44.6 Å². The van der Waals surface area contributed by atoms with Crippen molar-refractivity contribution < 1.29 is 67.9 Å². The van der Waals surface area contributed by atoms with Crippen LogP contribution in [0.25, 0.3) is 0 Å². The van der Waals surface area contributed by atoms with Crippen LogP contribution in [0.4, 0.5) is 0 Å². The molecule has 1 unspecified atom stereocenters. The molecule has 5 N–H and O–H groups in total. The second-order valence-electron chi connectivity index (χ2n) is 18.6. The first-order valence-corrected chi connectivity index (χ1v) is 21.4. The van der Waals surface area contributed by atoms with E-state index >= 15 is 0 Å². The summed E-state index contributed by atoms with van der Waals surface area (Å²) in [5.74, 6) is -2.95. The van der Waals surface area contributed by atoms with Gasteiger partial charge in [-0.05, 0) is 80.8 Å². The Morgan fingerprint density at radius 1 is 0.914 bits per heavy atom. The zero-order chi connectivity index (χ0) is 43.5. The molecule has 0 aromatic heterocycles. The molecule has 0 aromatic carbocycles. The molecule has 0 saturated carbocycles. The first-order valence-electron chi connectivity index (χ1n) is 21.4. The summed E-state index contributed by atoms with van der Waals surface area (Å²) in [4.78, 5) is 16.4. The van der Waals surface area contributed by atoms with Crippen molar-refractivity contribution >= 4 is 5.97 Å². The van der Waals surface area contributed by atoms with Crippen LogP contribution in [0.3, 0.4) is 0 Å². The maximum absolute atomic E-state index is 14.5. The lowest BCUT2D eigenvalue weighted by Gasteiger charge is -2.52. The minimum Gasteiger partial charge on any atom is -0.459 e. The van der Waals surface area contributed by atoms with Crippen molar-refractivity contribution in [3.63, 3.8) is 0 Å². The highest BCUT2D eigenvalue weighted by Gasteiger charge is 2.55. The summed E-state index contributed by atoms with van der Waals surface area (Å²) in [5.41, 5.74) is -4.27. The third-order valence-corrected chi connectivity index (χ3v) is 13.5. The fourth-order valence-electron chi connectivity index (χ4n) is 10.0. The maximum atomic E-state index is 14.5. The van der Waals surface area contributed by atoms with Crippen molar-refractivity contribution in [2.24, 2.45) is 23.7 Å². The van der Waals surface area contributed by atoms with Crippen molar-refractivity contribution in [3.8, 4) is 0 Å². The molecule has 340 valence electrons. The van der Waals surface area contributed by atoms with Gasteiger partial charge in [-0.1, -0.05) is 27.7 Å². The summed E-state index contributed by atoms with van der Waals surface area (Å²) in [6.07, 6.45) is -8.29. The predicted molar refractivity (Wildman–Crippen MR) is 214 cm³/mol. The van der Waals surface area contributed by atoms with Crippen molar-refractivity contribution in [3.05, 3.63) is 0 Å². The lowest BCUT2D eigenvalue weighted by atomic mass is 9.71. The van der Waals surface area contributed by atoms with Gasteiger partial charge in [-0.25, -0.2) is 0 Å². The Labute approximate surface area is 346 Å². The second kappa shape index (κ2) is 20.4. The van der Waals surface area contributed by atoms with Crippen LogP contribution in [-0.2, 0) is 47.4 Å². The Morgan fingerprint density at radius 3 is 2.19 bits per heavy atom. The lowest BCUT2D eigenvalue weighted by Crippen LogP contribution is -2.67. The Bertz CT molecular complexity index is 1290. The van der Waals surface area contributed by atoms with E-state index in [1.807, 2.05) is 53.6 Å². The molecule has 16 heteroatoms. The number of hydrogen-bond acceptors (Lipinski definition) is 16. The summed E-state index contributed by atoms with van der Waals surface area (Å²) in [7, 11) is 6.90. The summed E-state index contributed by atoms with van der Waals surface area (Å²) in [6.45, 7) is 19.1. The number of nitrogens with zero attached hydrogens (tertiary/aromatic N) is 1. The number of aliphatic hydroxyl groups is 4. The molecular weight excluding hydrogens is 756 g/mol. The summed E-state index contributed by atoms with van der Waals surface area (Å²) in [6, 6.07) is -0.593. The summed E-state index contributed by atoms with van der Waals surface area (Å²) in [5, 5.41) is 51.5. The zero-order valence-corrected chi connectivity index (χ0v) is 37.6. The smallest absolute Gasteiger partial charge is 0.311 e. The number of hydrogen-bond donors (Lipinski definition) is 5. The van der Waals surface area contributed by atoms with Gasteiger partial charge in [0.1, 0.15) is 30.1 Å². The molecule has 0 aromatic rings. The molecule has 0 spiro atoms. The van der Waals surface area contributed by atoms with E-state index < -0.39 is 96.1 Å². The predicted octanol–water partition coefficient (Wildman–Crippen LogP) is 2.20. The molecule has 16 nitrogen and oxygen atoms in total. The van der Waals surface area contributed by atoms with Crippen molar-refractivity contribution in [2.45, 2.75) is 191 Å². The van der Waals surface area contributed by atoms with Crippen LogP contribution < -0.4 is 5.32 Å². The third-order valence-electron chi connectivity index (χ3n) is 13.5. The molecule has 4 heterocycles. The van der Waals surface area contributed by atoms with Gasteiger partial charge in [-0.2, -0.15) is 0 Å². The number of carbonyl (C=O) groups is 1. The van der Waals surface area contributed by atoms with Crippen molar-refractivity contribution in [2.75, 3.05) is 48.1 Å². The van der Waals surface area contributed by atoms with Crippen LogP contribution in [0.2, 0.25) is 0 Å². The lowest BCUT2D eigenvalue weighted by molar-refractivity contribution is -0.318. The van der Waals surface area contributed by atoms with E-state index in [2.05, 4.69) is 5.32 Å². The molecule has 4 aliphatic heterocycles. The highest BCUT2D eigenvalue weighted by Crippen LogP contribution is 2.43. The van der Waals surface area contributed by atoms with Gasteiger partial charge in [0.2, 0.25) is 0 Å². The topological polar surface area (TPSA) is 196 Å². The van der Waals surface area contributed by atoms with E-state index in [9.17, 15) is 25.2 Å². The highest BCUT2D eigenvalue weighted by molar-refractivity contribution is 5.73. The summed E-state index contributed by atoms with van der Waals surface area (Å²) < 4.78 is 55.7. The number of nitrogens with one attached hydrogen (secondary N) is 1. The molecule has 0 amide bonds. The molecule has 4 aliphatic rings. The first kappa shape index (κ1) is 49.6. The monoisotopic (exact) mass is 835 g/mol. The van der Waals surface area contributed by atoms with E-state index in [1.54, 1.807) is 41.7 Å². The zero-order valence-electron chi connectivity index (χ0n) is 37.6. The SMILES string of the molecule is CC[C@H]1OC(=O)[C@H](C)[C@@H](O[C@H]2C[C@@](C)(OC)[C@@H](O)[C@H](C)O2)[C@H](C)C(O[C@@H]2O[C@H](C)C[C@H](N(C)C)[C@H]2O)[C@](C)(O)C[C@@H](C)[C@@H]2N[C@@H](COCCOC)O[C@@H]([C@H]2C)[C@]1(C)O. The molecule has 20 atom stereocenters. The number of methoxy groups -OCH3 is 2. The Morgan fingerprint density at radius 2 is 1.59 bits per heavy atom. The highest BCUT2D eigenvalue weighted by atomic mass is 16.7. The molecule has 58 heavy (non-hydrogen) atoms. The Hall–Kier alpha value is -1.09. The quantitative estimate of drug-likeness (QED) is 0.142. The van der Waals surface area contributed by atoms with Crippen LogP contribution in [0.1, 0.15) is 94.9 Å². The molecular formula is C42H78N2O14. The van der Waals surface area contributed by atoms with Crippen LogP contribution >= 0.6 is 0 Å². The molecule has 4 fully saturated rings. The van der Waals surface area contributed by atoms with Gasteiger partial charge in [-0.3, -0.25) is 10.1 Å². The van der Waals surface area contributed by atoms with Gasteiger partial charge >= 0.3 is 5.97 Å². The number of rotatable bonds is 12. The van der Waals surface area contributed by atoms with Gasteiger partial charge in [0.15, 0.2) is 12.6 Å². The number of esters is 1. The standard InChI is InChI=1S/C42H78N2O14/c1-15-29-42(10,49)37-24(4)32(43-30(56-37)21-52-17-16-50-13)22(2)19-40(8,48)36(58-39-33(45)28(44(11)12)18-23(3)53-39)25(5)34(26(6)38(47)55-29)57-31-20-41(9,51-14)35(46)27(7)54-31/h22-37,39,43,45-46,48-49H,15-21H2,1-14H3/t22-,23-,24+,25+,26-,27+,28+,29-,30-,31+,32+,33-,34+,35+,36?,37+,39+,40-,41-,42-/m1/s1. The third kappa shape index (κ3) is 11.1. The number of cyclic esters (lactones) is 1. The average molecular weight is 835 g/mol. The van der Waals surface area contributed by atoms with Gasteiger partial charge in [-0.15, -0.1) is 0 Å². The second-order valence-corrected chi connectivity index (χ2v) is 18.6. The Kier molecular flexibility index (Phi) is 17.4. The Balaban J connectivity index is 1.83. The fraction of sp³-hybridized carbons (Fsp3) is 0.976. The largest absolute Gasteiger partial charge is 0.459 e. The van der Waals surface area contributed by atoms with Crippen molar-refractivity contribution in [1.29, 1.82) is 0 Å². The van der Waals surface area contributed by atoms with E-state index in [0.717, 1.165) is 0 Å². The average Bonchev–Trinajstić information content (AvgIpc) is 3.15. The molecule has 0 aliphatic carbocycles. The van der Waals surface area contributed by atoms with Crippen LogP contribution in [0.5, 0.6) is 0 Å². The molecule has 4 saturated heterocycles. The fourth-order valence-corrected chi connectivity index (χ4v) is 10.0. The number of fused-ring (bicyclic) bond motifs is 2. The maximum Gasteiger partial charge on any atom is 0.311 e. The van der Waals surface area contributed by atoms with Crippen LogP contribution in [-0.4, -0.2) is 176 Å². The van der Waals surface area contributed by atoms with E-state index in [1.165, 1.54) is 7.11 Å². The van der Waals surface area contributed by atoms with Crippen LogP contribution in [0, 0.1) is 23.7 Å². The van der Waals surface area contributed by atoms with Crippen LogP contribution in [0.15, 0.2) is 0 Å². The minimum absolute atomic E-state index is 0.137. The minimum atomic E-state index is -1.64. The van der Waals surface area contributed by atoms with Gasteiger partial charge in [0.25, 0.3) is 0 Å². The van der Waals surface area contributed by atoms with E-state index in [-0.39, 0.29) is 55.9 Å². The summed E-state index contributed by atoms with van der Waals surface area (Å²) >= 11 is 0. The van der Waals surface area contributed by atoms with E-state index in [0.29, 0.717) is 19.6 Å². The first-order chi connectivity index (χ1) is 27.0. The molecule has 2 bridgehead atoms. The van der Waals surface area contributed by atoms with Gasteiger partial charge in [0.05, 0.1) is 67.5 Å². The normalized spacial score (nSPS) is 48.7.